The van der Waals surface area contributed by atoms with Gasteiger partial charge in [0.25, 0.3) is 0 Å². The van der Waals surface area contributed by atoms with Gasteiger partial charge in [-0.25, -0.2) is 0 Å². The Kier molecular flexibility index (Phi) is 3.09. The van der Waals surface area contributed by atoms with Gasteiger partial charge in [-0.2, -0.15) is 0 Å². The van der Waals surface area contributed by atoms with Crippen molar-refractivity contribution in [1.82, 2.24) is 0 Å². The smallest absolute Gasteiger partial charge is 0.0750 e. The molecule has 10 heavy (non-hydrogen) atoms. The SMILES string of the molecule is NC(=S)CCOC1CCC1. The van der Waals surface area contributed by atoms with Crippen LogP contribution in [0.15, 0.2) is 0 Å². The van der Waals surface area contributed by atoms with Gasteiger partial charge in [0.1, 0.15) is 0 Å². The van der Waals surface area contributed by atoms with Crippen molar-refractivity contribution in [3.63, 3.8) is 0 Å². The molecule has 0 aromatic carbocycles. The number of ether oxygens (including phenoxy) is 1. The highest BCUT2D eigenvalue weighted by atomic mass is 32.1. The van der Waals surface area contributed by atoms with Gasteiger partial charge in [0.2, 0.25) is 0 Å². The van der Waals surface area contributed by atoms with Gasteiger partial charge in [0, 0.05) is 6.42 Å². The van der Waals surface area contributed by atoms with Gasteiger partial charge >= 0.3 is 0 Å². The number of rotatable bonds is 4. The lowest BCUT2D eigenvalue weighted by molar-refractivity contribution is 0.00636. The van der Waals surface area contributed by atoms with Crippen molar-refractivity contribution >= 4 is 17.2 Å². The summed E-state index contributed by atoms with van der Waals surface area (Å²) in [5.74, 6) is 0. The first-order valence-electron chi connectivity index (χ1n) is 3.69. The van der Waals surface area contributed by atoms with Crippen LogP contribution >= 0.6 is 12.2 Å². The highest BCUT2D eigenvalue weighted by Crippen LogP contribution is 2.21. The van der Waals surface area contributed by atoms with Crippen LogP contribution in [-0.4, -0.2) is 17.7 Å². The molecule has 0 spiro atoms. The Hall–Kier alpha value is -0.150. The van der Waals surface area contributed by atoms with Gasteiger partial charge in [-0.1, -0.05) is 12.2 Å². The third-order valence-corrected chi connectivity index (χ3v) is 1.96. The molecule has 0 amide bonds. The standard InChI is InChI=1S/C7H13NOS/c8-7(10)4-5-9-6-2-1-3-6/h6H,1-5H2,(H2,8,10). The average molecular weight is 159 g/mol. The van der Waals surface area contributed by atoms with Gasteiger partial charge in [-0.3, -0.25) is 0 Å². The molecule has 1 saturated carbocycles. The van der Waals surface area contributed by atoms with Crippen molar-refractivity contribution in [1.29, 1.82) is 0 Å². The molecule has 2 N–H and O–H groups in total. The Bertz CT molecular complexity index is 123. The zero-order valence-corrected chi connectivity index (χ0v) is 6.82. The Labute approximate surface area is 66.7 Å². The number of thiocarbonyl (C=S) groups is 1. The van der Waals surface area contributed by atoms with Crippen molar-refractivity contribution in [2.45, 2.75) is 31.8 Å². The Morgan fingerprint density at radius 2 is 2.30 bits per heavy atom. The lowest BCUT2D eigenvalue weighted by Crippen LogP contribution is -2.23. The molecule has 0 radical (unpaired) electrons. The lowest BCUT2D eigenvalue weighted by atomic mass is 9.96. The van der Waals surface area contributed by atoms with E-state index in [4.69, 9.17) is 22.7 Å². The largest absolute Gasteiger partial charge is 0.393 e. The summed E-state index contributed by atoms with van der Waals surface area (Å²) in [6.07, 6.45) is 4.99. The molecule has 0 aromatic heterocycles. The van der Waals surface area contributed by atoms with E-state index in [0.717, 1.165) is 6.42 Å². The molecule has 0 bridgehead atoms. The molecule has 0 aliphatic heterocycles. The Morgan fingerprint density at radius 1 is 1.60 bits per heavy atom. The van der Waals surface area contributed by atoms with Crippen LogP contribution in [0.25, 0.3) is 0 Å². The van der Waals surface area contributed by atoms with Crippen LogP contribution in [0.1, 0.15) is 25.7 Å². The monoisotopic (exact) mass is 159 g/mol. The fraction of sp³-hybridized carbons (Fsp3) is 0.857. The van der Waals surface area contributed by atoms with E-state index in [1.54, 1.807) is 0 Å². The van der Waals surface area contributed by atoms with E-state index in [-0.39, 0.29) is 0 Å². The number of hydrogen-bond acceptors (Lipinski definition) is 2. The number of nitrogens with two attached hydrogens (primary N) is 1. The maximum Gasteiger partial charge on any atom is 0.0750 e. The Morgan fingerprint density at radius 3 is 2.70 bits per heavy atom. The zero-order chi connectivity index (χ0) is 7.40. The molecule has 0 saturated heterocycles. The molecule has 1 aliphatic rings. The van der Waals surface area contributed by atoms with E-state index in [1.807, 2.05) is 0 Å². The summed E-state index contributed by atoms with van der Waals surface area (Å²) in [4.78, 5) is 0.555. The first-order valence-corrected chi connectivity index (χ1v) is 4.10. The van der Waals surface area contributed by atoms with Gasteiger partial charge in [0.05, 0.1) is 17.7 Å². The van der Waals surface area contributed by atoms with Gasteiger partial charge in [-0.15, -0.1) is 0 Å². The molecule has 0 aromatic rings. The molecule has 0 unspecified atom stereocenters. The molecule has 2 nitrogen and oxygen atoms in total. The van der Waals surface area contributed by atoms with E-state index in [2.05, 4.69) is 0 Å². The fourth-order valence-electron chi connectivity index (χ4n) is 0.864. The van der Waals surface area contributed by atoms with Gasteiger partial charge < -0.3 is 10.5 Å². The molecular weight excluding hydrogens is 146 g/mol. The van der Waals surface area contributed by atoms with Crippen LogP contribution in [0.4, 0.5) is 0 Å². The van der Waals surface area contributed by atoms with Crippen molar-refractivity contribution in [2.75, 3.05) is 6.61 Å². The summed E-state index contributed by atoms with van der Waals surface area (Å²) in [5.41, 5.74) is 5.29. The van der Waals surface area contributed by atoms with E-state index < -0.39 is 0 Å². The second kappa shape index (κ2) is 3.88. The average Bonchev–Trinajstić information content (AvgIpc) is 1.75. The molecule has 1 aliphatic carbocycles. The van der Waals surface area contributed by atoms with Crippen LogP contribution in [-0.2, 0) is 4.74 Å². The van der Waals surface area contributed by atoms with Crippen LogP contribution in [0, 0.1) is 0 Å². The molecule has 1 fully saturated rings. The molecule has 1 rings (SSSR count). The third-order valence-electron chi connectivity index (χ3n) is 1.75. The van der Waals surface area contributed by atoms with Gasteiger partial charge in [-0.05, 0) is 19.3 Å². The van der Waals surface area contributed by atoms with Crippen LogP contribution in [0.3, 0.4) is 0 Å². The molecule has 58 valence electrons. The predicted molar refractivity (Wildman–Crippen MR) is 45.0 cm³/mol. The highest BCUT2D eigenvalue weighted by Gasteiger charge is 2.17. The summed E-state index contributed by atoms with van der Waals surface area (Å²) >= 11 is 4.70. The minimum absolute atomic E-state index is 0.509. The van der Waals surface area contributed by atoms with Crippen molar-refractivity contribution in [2.24, 2.45) is 5.73 Å². The summed E-state index contributed by atoms with van der Waals surface area (Å²) in [6.45, 7) is 0.708. The quantitative estimate of drug-likeness (QED) is 0.627. The van der Waals surface area contributed by atoms with E-state index >= 15 is 0 Å². The molecular formula is C7H13NOS. The lowest BCUT2D eigenvalue weighted by Gasteiger charge is -2.25. The summed E-state index contributed by atoms with van der Waals surface area (Å²) in [5, 5.41) is 0. The maximum absolute atomic E-state index is 5.42. The molecule has 0 atom stereocenters. The van der Waals surface area contributed by atoms with Crippen molar-refractivity contribution < 1.29 is 4.74 Å². The summed E-state index contributed by atoms with van der Waals surface area (Å²) < 4.78 is 5.42. The third kappa shape index (κ3) is 2.62. The highest BCUT2D eigenvalue weighted by molar-refractivity contribution is 7.80. The topological polar surface area (TPSA) is 35.2 Å². The minimum atomic E-state index is 0.509. The van der Waals surface area contributed by atoms with Crippen LogP contribution in [0.5, 0.6) is 0 Å². The summed E-state index contributed by atoms with van der Waals surface area (Å²) in [7, 11) is 0. The van der Waals surface area contributed by atoms with E-state index in [9.17, 15) is 0 Å². The first-order chi connectivity index (χ1) is 4.79. The Balaban J connectivity index is 1.89. The van der Waals surface area contributed by atoms with Crippen molar-refractivity contribution in [3.05, 3.63) is 0 Å². The second-order valence-corrected chi connectivity index (χ2v) is 3.16. The summed E-state index contributed by atoms with van der Waals surface area (Å²) in [6, 6.07) is 0. The van der Waals surface area contributed by atoms with Crippen LogP contribution < -0.4 is 5.73 Å². The number of hydrogen-bond donors (Lipinski definition) is 1. The zero-order valence-electron chi connectivity index (χ0n) is 6.01. The first kappa shape index (κ1) is 7.95. The van der Waals surface area contributed by atoms with E-state index in [0.29, 0.717) is 17.7 Å². The second-order valence-electron chi connectivity index (χ2n) is 2.64. The predicted octanol–water partition coefficient (Wildman–Crippen LogP) is 1.23. The molecule has 0 heterocycles. The van der Waals surface area contributed by atoms with Gasteiger partial charge in [0.15, 0.2) is 0 Å². The van der Waals surface area contributed by atoms with Crippen molar-refractivity contribution in [3.8, 4) is 0 Å². The van der Waals surface area contributed by atoms with Crippen LogP contribution in [0.2, 0.25) is 0 Å². The fourth-order valence-corrected chi connectivity index (χ4v) is 0.947. The minimum Gasteiger partial charge on any atom is -0.393 e. The van der Waals surface area contributed by atoms with E-state index in [1.165, 1.54) is 19.3 Å². The maximum atomic E-state index is 5.42. The normalized spacial score (nSPS) is 18.4. The molecule has 3 heteroatoms.